The van der Waals surface area contributed by atoms with Gasteiger partial charge in [-0.05, 0) is 47.2 Å². The summed E-state index contributed by atoms with van der Waals surface area (Å²) in [6.07, 6.45) is 1.90. The molecule has 3 aromatic rings. The lowest BCUT2D eigenvalue weighted by Gasteiger charge is -2.52. The Kier molecular flexibility index (Phi) is 2.91. The van der Waals surface area contributed by atoms with Gasteiger partial charge >= 0.3 is 0 Å². The van der Waals surface area contributed by atoms with E-state index in [1.807, 2.05) is 18.2 Å². The average Bonchev–Trinajstić information content (AvgIpc) is 3.10. The van der Waals surface area contributed by atoms with Crippen molar-refractivity contribution in [1.29, 1.82) is 0 Å². The van der Waals surface area contributed by atoms with Crippen LogP contribution in [-0.4, -0.2) is 12.1 Å². The number of anilines is 1. The van der Waals surface area contributed by atoms with Crippen LogP contribution in [0.2, 0.25) is 0 Å². The molecule has 132 valence electrons. The number of carbonyl (C=O) groups is 1. The van der Waals surface area contributed by atoms with Crippen LogP contribution in [0.1, 0.15) is 32.6 Å². The number of amides is 1. The minimum Gasteiger partial charge on any atom is -0.345 e. The van der Waals surface area contributed by atoms with Crippen LogP contribution >= 0.6 is 0 Å². The molecule has 27 heavy (non-hydrogen) atoms. The number of hydrogen-bond donors (Lipinski definition) is 1. The molecule has 1 amide bonds. The Morgan fingerprint density at radius 3 is 2.22 bits per heavy atom. The van der Waals surface area contributed by atoms with Crippen LogP contribution < -0.4 is 10.2 Å². The van der Waals surface area contributed by atoms with E-state index in [4.69, 9.17) is 0 Å². The van der Waals surface area contributed by atoms with Crippen LogP contribution in [0.25, 0.3) is 0 Å². The molecule has 3 heteroatoms. The van der Waals surface area contributed by atoms with E-state index in [-0.39, 0.29) is 17.5 Å². The molecule has 1 unspecified atom stereocenters. The maximum atomic E-state index is 12.9. The van der Waals surface area contributed by atoms with Crippen molar-refractivity contribution < 1.29 is 4.79 Å². The minimum absolute atomic E-state index is 0.0257. The molecule has 0 bridgehead atoms. The van der Waals surface area contributed by atoms with E-state index < -0.39 is 0 Å². The molecule has 2 aliphatic heterocycles. The van der Waals surface area contributed by atoms with E-state index in [9.17, 15) is 4.79 Å². The first-order valence-corrected chi connectivity index (χ1v) is 9.58. The molecule has 0 saturated carbocycles. The van der Waals surface area contributed by atoms with Crippen LogP contribution in [0.3, 0.4) is 0 Å². The van der Waals surface area contributed by atoms with Crippen molar-refractivity contribution in [2.24, 2.45) is 0 Å². The third-order valence-corrected chi connectivity index (χ3v) is 6.59. The minimum atomic E-state index is -0.123. The first kappa shape index (κ1) is 15.0. The van der Waals surface area contributed by atoms with E-state index in [1.54, 1.807) is 0 Å². The zero-order chi connectivity index (χ0) is 18.0. The summed E-state index contributed by atoms with van der Waals surface area (Å²) in [7, 11) is 0. The average molecular weight is 352 g/mol. The number of rotatable bonds is 0. The SMILES string of the molecule is O=C1NC2N(Cc3ccccc3C23Cc2ccccc2C3)c2ccccc21. The van der Waals surface area contributed by atoms with Gasteiger partial charge in [0, 0.05) is 12.0 Å². The summed E-state index contributed by atoms with van der Waals surface area (Å²) < 4.78 is 0. The van der Waals surface area contributed by atoms with Gasteiger partial charge in [-0.25, -0.2) is 0 Å². The number of nitrogens with one attached hydrogen (secondary N) is 1. The lowest BCUT2D eigenvalue weighted by atomic mass is 9.69. The molecule has 3 nitrogen and oxygen atoms in total. The molecule has 1 aliphatic carbocycles. The van der Waals surface area contributed by atoms with Crippen molar-refractivity contribution in [2.75, 3.05) is 4.90 Å². The van der Waals surface area contributed by atoms with Crippen LogP contribution in [-0.2, 0) is 24.8 Å². The second kappa shape index (κ2) is 5.23. The van der Waals surface area contributed by atoms with Crippen molar-refractivity contribution in [3.63, 3.8) is 0 Å². The molecule has 1 atom stereocenters. The first-order chi connectivity index (χ1) is 13.3. The Balaban J connectivity index is 1.59. The maximum absolute atomic E-state index is 12.9. The molecule has 0 saturated heterocycles. The molecule has 3 aromatic carbocycles. The quantitative estimate of drug-likeness (QED) is 0.667. The van der Waals surface area contributed by atoms with E-state index in [1.165, 1.54) is 22.3 Å². The molecule has 0 radical (unpaired) electrons. The summed E-state index contributed by atoms with van der Waals surface area (Å²) in [5.74, 6) is 0.0431. The van der Waals surface area contributed by atoms with Gasteiger partial charge in [0.15, 0.2) is 0 Å². The zero-order valence-corrected chi connectivity index (χ0v) is 15.0. The molecule has 3 aliphatic rings. The second-order valence-electron chi connectivity index (χ2n) is 7.96. The molecule has 6 rings (SSSR count). The number of fused-ring (bicyclic) bond motifs is 7. The Morgan fingerprint density at radius 1 is 0.815 bits per heavy atom. The molecular formula is C24H20N2O. The Labute approximate surface area is 158 Å². The highest BCUT2D eigenvalue weighted by molar-refractivity contribution is 6.02. The third kappa shape index (κ3) is 1.94. The second-order valence-corrected chi connectivity index (χ2v) is 7.96. The predicted molar refractivity (Wildman–Crippen MR) is 106 cm³/mol. The van der Waals surface area contributed by atoms with Gasteiger partial charge in [0.2, 0.25) is 0 Å². The standard InChI is InChI=1S/C24H20N2O/c27-22-19-10-4-6-12-21(19)26-15-18-9-3-5-11-20(18)24(23(26)25-22)13-16-7-1-2-8-17(16)14-24/h1-12,23H,13-15H2,(H,25,27). The summed E-state index contributed by atoms with van der Waals surface area (Å²) >= 11 is 0. The fourth-order valence-electron chi connectivity index (χ4n) is 5.45. The fourth-order valence-corrected chi connectivity index (χ4v) is 5.45. The van der Waals surface area contributed by atoms with Crippen LogP contribution in [0.15, 0.2) is 72.8 Å². The van der Waals surface area contributed by atoms with Crippen LogP contribution in [0.5, 0.6) is 0 Å². The van der Waals surface area contributed by atoms with Gasteiger partial charge in [0.05, 0.1) is 11.3 Å². The van der Waals surface area contributed by atoms with Gasteiger partial charge in [-0.3, -0.25) is 4.79 Å². The molecular weight excluding hydrogens is 332 g/mol. The Bertz CT molecular complexity index is 1060. The highest BCUT2D eigenvalue weighted by atomic mass is 16.2. The number of carbonyl (C=O) groups excluding carboxylic acids is 1. The third-order valence-electron chi connectivity index (χ3n) is 6.59. The van der Waals surface area contributed by atoms with Crippen LogP contribution in [0, 0.1) is 0 Å². The fraction of sp³-hybridized carbons (Fsp3) is 0.208. The summed E-state index contributed by atoms with van der Waals surface area (Å²) in [6, 6.07) is 25.5. The smallest absolute Gasteiger partial charge is 0.255 e. The maximum Gasteiger partial charge on any atom is 0.255 e. The highest BCUT2D eigenvalue weighted by Gasteiger charge is 2.53. The van der Waals surface area contributed by atoms with Gasteiger partial charge in [-0.2, -0.15) is 0 Å². The van der Waals surface area contributed by atoms with E-state index in [2.05, 4.69) is 64.8 Å². The molecule has 1 spiro atoms. The molecule has 2 heterocycles. The van der Waals surface area contributed by atoms with Crippen molar-refractivity contribution in [3.05, 3.63) is 101 Å². The first-order valence-electron chi connectivity index (χ1n) is 9.58. The van der Waals surface area contributed by atoms with E-state index >= 15 is 0 Å². The number of benzene rings is 3. The molecule has 1 N–H and O–H groups in total. The monoisotopic (exact) mass is 352 g/mol. The normalized spacial score (nSPS) is 21.1. The van der Waals surface area contributed by atoms with Crippen molar-refractivity contribution in [1.82, 2.24) is 5.32 Å². The highest BCUT2D eigenvalue weighted by Crippen LogP contribution is 2.49. The van der Waals surface area contributed by atoms with Crippen molar-refractivity contribution in [3.8, 4) is 0 Å². The summed E-state index contributed by atoms with van der Waals surface area (Å²) in [6.45, 7) is 0.830. The van der Waals surface area contributed by atoms with Crippen molar-refractivity contribution in [2.45, 2.75) is 31.0 Å². The Morgan fingerprint density at radius 2 is 1.44 bits per heavy atom. The van der Waals surface area contributed by atoms with Gasteiger partial charge in [-0.15, -0.1) is 0 Å². The number of nitrogens with zero attached hydrogens (tertiary/aromatic N) is 1. The summed E-state index contributed by atoms with van der Waals surface area (Å²) in [5.41, 5.74) is 7.27. The van der Waals surface area contributed by atoms with Gasteiger partial charge < -0.3 is 10.2 Å². The summed E-state index contributed by atoms with van der Waals surface area (Å²) in [5, 5.41) is 3.37. The summed E-state index contributed by atoms with van der Waals surface area (Å²) in [4.78, 5) is 15.3. The van der Waals surface area contributed by atoms with E-state index in [0.717, 1.165) is 30.6 Å². The number of hydrogen-bond acceptors (Lipinski definition) is 2. The number of para-hydroxylation sites is 1. The topological polar surface area (TPSA) is 32.3 Å². The van der Waals surface area contributed by atoms with Gasteiger partial charge in [-0.1, -0.05) is 60.7 Å². The largest absolute Gasteiger partial charge is 0.345 e. The Hall–Kier alpha value is -3.07. The molecule has 0 fully saturated rings. The van der Waals surface area contributed by atoms with Gasteiger partial charge in [0.25, 0.3) is 5.91 Å². The lowest BCUT2D eigenvalue weighted by molar-refractivity contribution is 0.0891. The zero-order valence-electron chi connectivity index (χ0n) is 15.0. The lowest BCUT2D eigenvalue weighted by Crippen LogP contribution is -2.65. The van der Waals surface area contributed by atoms with Crippen LogP contribution in [0.4, 0.5) is 5.69 Å². The van der Waals surface area contributed by atoms with E-state index in [0.29, 0.717) is 0 Å². The van der Waals surface area contributed by atoms with Gasteiger partial charge in [0.1, 0.15) is 6.17 Å². The van der Waals surface area contributed by atoms with Crippen molar-refractivity contribution >= 4 is 11.6 Å². The molecule has 0 aromatic heterocycles. The predicted octanol–water partition coefficient (Wildman–Crippen LogP) is 3.81.